The maximum absolute atomic E-state index is 12.9. The third kappa shape index (κ3) is 62.5. The molecule has 0 aliphatic heterocycles. The van der Waals surface area contributed by atoms with Crippen LogP contribution in [0.4, 0.5) is 0 Å². The van der Waals surface area contributed by atoms with E-state index in [0.717, 1.165) is 70.6 Å². The number of allylic oxidation sites excluding steroid dienone is 6. The Kier molecular flexibility index (Phi) is 63.1. The standard InChI is InChI=1S/C70H130O6/c1-4-7-10-13-16-19-22-25-27-29-30-31-32-33-34-35-36-37-38-39-40-41-43-45-48-51-54-57-60-63-69(72)75-66-67(65-74-68(71)62-59-56-53-50-47-44-24-21-18-15-12-9-6-3)76-70(73)64-61-58-55-52-49-46-42-28-26-23-20-17-14-11-8-5-2/h22,25,28-30,42,67H,4-21,23-24,26-27,31-41,43-66H2,1-3H3/b25-22-,30-29-,42-28-. The highest BCUT2D eigenvalue weighted by Gasteiger charge is 2.19. The zero-order valence-corrected chi connectivity index (χ0v) is 51.3. The lowest BCUT2D eigenvalue weighted by Crippen LogP contribution is -2.30. The molecule has 446 valence electrons. The van der Waals surface area contributed by atoms with Crippen molar-refractivity contribution in [1.29, 1.82) is 0 Å². The van der Waals surface area contributed by atoms with E-state index in [1.54, 1.807) is 0 Å². The summed E-state index contributed by atoms with van der Waals surface area (Å²) in [5.74, 6) is -0.852. The summed E-state index contributed by atoms with van der Waals surface area (Å²) in [7, 11) is 0. The van der Waals surface area contributed by atoms with Gasteiger partial charge in [-0.3, -0.25) is 14.4 Å². The van der Waals surface area contributed by atoms with Gasteiger partial charge >= 0.3 is 17.9 Å². The van der Waals surface area contributed by atoms with Crippen LogP contribution >= 0.6 is 0 Å². The molecule has 0 heterocycles. The highest BCUT2D eigenvalue weighted by molar-refractivity contribution is 5.71. The minimum Gasteiger partial charge on any atom is -0.462 e. The summed E-state index contributed by atoms with van der Waals surface area (Å²) in [6, 6.07) is 0. The predicted octanol–water partition coefficient (Wildman–Crippen LogP) is 23.2. The van der Waals surface area contributed by atoms with E-state index in [0.29, 0.717) is 19.3 Å². The third-order valence-corrected chi connectivity index (χ3v) is 15.4. The van der Waals surface area contributed by atoms with Gasteiger partial charge in [-0.2, -0.15) is 0 Å². The quantitative estimate of drug-likeness (QED) is 0.0261. The smallest absolute Gasteiger partial charge is 0.306 e. The zero-order chi connectivity index (χ0) is 55.0. The van der Waals surface area contributed by atoms with Crippen LogP contribution in [0.1, 0.15) is 374 Å². The third-order valence-electron chi connectivity index (χ3n) is 15.4. The molecular weight excluding hydrogens is 937 g/mol. The van der Waals surface area contributed by atoms with Gasteiger partial charge in [0.25, 0.3) is 0 Å². The van der Waals surface area contributed by atoms with Crippen LogP contribution in [0.3, 0.4) is 0 Å². The monoisotopic (exact) mass is 1070 g/mol. The summed E-state index contributed by atoms with van der Waals surface area (Å²) in [4.78, 5) is 38.3. The first-order valence-corrected chi connectivity index (χ1v) is 34.0. The van der Waals surface area contributed by atoms with E-state index in [-0.39, 0.29) is 31.1 Å². The van der Waals surface area contributed by atoms with Crippen molar-refractivity contribution in [3.63, 3.8) is 0 Å². The summed E-state index contributed by atoms with van der Waals surface area (Å²) in [6.07, 6.45) is 80.3. The highest BCUT2D eigenvalue weighted by Crippen LogP contribution is 2.18. The van der Waals surface area contributed by atoms with Crippen molar-refractivity contribution in [2.75, 3.05) is 13.2 Å². The number of ether oxygens (including phenoxy) is 3. The molecule has 0 N–H and O–H groups in total. The van der Waals surface area contributed by atoms with Crippen molar-refractivity contribution in [3.05, 3.63) is 36.5 Å². The molecule has 1 unspecified atom stereocenters. The fourth-order valence-corrected chi connectivity index (χ4v) is 10.2. The summed E-state index contributed by atoms with van der Waals surface area (Å²) >= 11 is 0. The van der Waals surface area contributed by atoms with Gasteiger partial charge in [-0.15, -0.1) is 0 Å². The molecule has 0 fully saturated rings. The molecule has 1 atom stereocenters. The normalized spacial score (nSPS) is 12.2. The van der Waals surface area contributed by atoms with Crippen LogP contribution in [0.25, 0.3) is 0 Å². The molecule has 6 heteroatoms. The Morgan fingerprint density at radius 1 is 0.263 bits per heavy atom. The highest BCUT2D eigenvalue weighted by atomic mass is 16.6. The van der Waals surface area contributed by atoms with Crippen LogP contribution in [0, 0.1) is 0 Å². The van der Waals surface area contributed by atoms with E-state index in [1.165, 1.54) is 263 Å². The molecular formula is C70H130O6. The van der Waals surface area contributed by atoms with Crippen LogP contribution in [-0.2, 0) is 28.6 Å². The fourth-order valence-electron chi connectivity index (χ4n) is 10.2. The number of hydrogen-bond donors (Lipinski definition) is 0. The number of rotatable bonds is 63. The summed E-state index contributed by atoms with van der Waals surface area (Å²) in [5, 5.41) is 0. The molecule has 0 aromatic heterocycles. The van der Waals surface area contributed by atoms with Crippen molar-refractivity contribution in [2.45, 2.75) is 380 Å². The number of hydrogen-bond acceptors (Lipinski definition) is 6. The summed E-state index contributed by atoms with van der Waals surface area (Å²) in [5.41, 5.74) is 0. The molecule has 0 spiro atoms. The Balaban J connectivity index is 4.17. The minimum absolute atomic E-state index is 0.0698. The van der Waals surface area contributed by atoms with Crippen LogP contribution in [-0.4, -0.2) is 37.2 Å². The predicted molar refractivity (Wildman–Crippen MR) is 330 cm³/mol. The van der Waals surface area contributed by atoms with E-state index in [1.807, 2.05) is 0 Å². The van der Waals surface area contributed by atoms with Gasteiger partial charge < -0.3 is 14.2 Å². The van der Waals surface area contributed by atoms with Gasteiger partial charge in [-0.1, -0.05) is 314 Å². The molecule has 6 nitrogen and oxygen atoms in total. The molecule has 0 amide bonds. The van der Waals surface area contributed by atoms with Gasteiger partial charge in [0.05, 0.1) is 0 Å². The van der Waals surface area contributed by atoms with Crippen LogP contribution in [0.15, 0.2) is 36.5 Å². The van der Waals surface area contributed by atoms with Crippen molar-refractivity contribution in [1.82, 2.24) is 0 Å². The number of carbonyl (C=O) groups is 3. The SMILES string of the molecule is CCCCCCC/C=C\C/C=C\CCCCCCCCCCCCCCCCCCCC(=O)OCC(COC(=O)CCCCCCCCCCCCCCC)OC(=O)CCCCCCC/C=C\CCCCCCCCC. The first kappa shape index (κ1) is 73.6. The van der Waals surface area contributed by atoms with Gasteiger partial charge in [0, 0.05) is 19.3 Å². The van der Waals surface area contributed by atoms with Crippen molar-refractivity contribution in [2.24, 2.45) is 0 Å². The molecule has 0 bridgehead atoms. The Morgan fingerprint density at radius 3 is 0.737 bits per heavy atom. The van der Waals surface area contributed by atoms with Crippen LogP contribution in [0.5, 0.6) is 0 Å². The Hall–Kier alpha value is -2.37. The molecule has 0 radical (unpaired) electrons. The average molecular weight is 1070 g/mol. The number of unbranched alkanes of at least 4 members (excludes halogenated alkanes) is 46. The molecule has 0 rings (SSSR count). The van der Waals surface area contributed by atoms with E-state index in [4.69, 9.17) is 14.2 Å². The average Bonchev–Trinajstić information content (AvgIpc) is 3.42. The van der Waals surface area contributed by atoms with E-state index < -0.39 is 6.10 Å². The van der Waals surface area contributed by atoms with Crippen molar-refractivity contribution >= 4 is 17.9 Å². The molecule has 0 aromatic carbocycles. The van der Waals surface area contributed by atoms with E-state index in [9.17, 15) is 14.4 Å². The second-order valence-electron chi connectivity index (χ2n) is 23.1. The van der Waals surface area contributed by atoms with Crippen molar-refractivity contribution < 1.29 is 28.6 Å². The molecule has 0 aliphatic rings. The fraction of sp³-hybridized carbons (Fsp3) is 0.871. The summed E-state index contributed by atoms with van der Waals surface area (Å²) in [6.45, 7) is 6.68. The topological polar surface area (TPSA) is 78.9 Å². The molecule has 0 aliphatic carbocycles. The lowest BCUT2D eigenvalue weighted by Gasteiger charge is -2.18. The second-order valence-corrected chi connectivity index (χ2v) is 23.1. The molecule has 0 aromatic rings. The van der Waals surface area contributed by atoms with Gasteiger partial charge in [-0.25, -0.2) is 0 Å². The van der Waals surface area contributed by atoms with Gasteiger partial charge in [0.15, 0.2) is 6.10 Å². The molecule has 76 heavy (non-hydrogen) atoms. The van der Waals surface area contributed by atoms with Crippen LogP contribution in [0.2, 0.25) is 0 Å². The van der Waals surface area contributed by atoms with E-state index >= 15 is 0 Å². The van der Waals surface area contributed by atoms with E-state index in [2.05, 4.69) is 57.2 Å². The Labute approximate surface area is 474 Å². The first-order chi connectivity index (χ1) is 37.5. The lowest BCUT2D eigenvalue weighted by atomic mass is 10.0. The second kappa shape index (κ2) is 65.2. The lowest BCUT2D eigenvalue weighted by molar-refractivity contribution is -0.167. The first-order valence-electron chi connectivity index (χ1n) is 34.0. The largest absolute Gasteiger partial charge is 0.462 e. The minimum atomic E-state index is -0.773. The van der Waals surface area contributed by atoms with Gasteiger partial charge in [0.1, 0.15) is 13.2 Å². The number of carbonyl (C=O) groups excluding carboxylic acids is 3. The van der Waals surface area contributed by atoms with Crippen molar-refractivity contribution in [3.8, 4) is 0 Å². The Bertz CT molecular complexity index is 1270. The maximum Gasteiger partial charge on any atom is 0.306 e. The van der Waals surface area contributed by atoms with Gasteiger partial charge in [0.2, 0.25) is 0 Å². The maximum atomic E-state index is 12.9. The Morgan fingerprint density at radius 2 is 0.474 bits per heavy atom. The van der Waals surface area contributed by atoms with Gasteiger partial charge in [-0.05, 0) is 77.0 Å². The summed E-state index contributed by atoms with van der Waals surface area (Å²) < 4.78 is 16.9. The number of esters is 3. The van der Waals surface area contributed by atoms with Crippen LogP contribution < -0.4 is 0 Å². The molecule has 0 saturated heterocycles. The zero-order valence-electron chi connectivity index (χ0n) is 51.3. The molecule has 0 saturated carbocycles.